The molecule has 0 radical (unpaired) electrons. The molecule has 0 bridgehead atoms. The van der Waals surface area contributed by atoms with Crippen molar-refractivity contribution in [3.63, 3.8) is 0 Å². The zero-order chi connectivity index (χ0) is 17.9. The maximum absolute atomic E-state index is 6.41. The number of hydrogen-bond donors (Lipinski definition) is 2. The Hall–Kier alpha value is -1.75. The smallest absolute Gasteiger partial charge is 0.107 e. The Balaban J connectivity index is 2.01. The van der Waals surface area contributed by atoms with Crippen molar-refractivity contribution in [1.82, 2.24) is 10.4 Å². The van der Waals surface area contributed by atoms with Crippen LogP contribution in [0.25, 0.3) is 0 Å². The van der Waals surface area contributed by atoms with E-state index in [2.05, 4.69) is 58.9 Å². The number of anilines is 1. The average Bonchev–Trinajstić information content (AvgIpc) is 3.16. The highest BCUT2D eigenvalue weighted by atomic mass is 35.5. The molecule has 0 saturated heterocycles. The third kappa shape index (κ3) is 3.76. The van der Waals surface area contributed by atoms with Crippen LogP contribution in [0.15, 0.2) is 53.5 Å². The van der Waals surface area contributed by atoms with Gasteiger partial charge in [-0.2, -0.15) is 0 Å². The summed E-state index contributed by atoms with van der Waals surface area (Å²) in [4.78, 5) is 4.31. The number of rotatable bonds is 6. The van der Waals surface area contributed by atoms with E-state index in [9.17, 15) is 0 Å². The van der Waals surface area contributed by atoms with Gasteiger partial charge in [0.1, 0.15) is 13.0 Å². The molecule has 2 N–H and O–H groups in total. The summed E-state index contributed by atoms with van der Waals surface area (Å²) in [6.07, 6.45) is 2.77. The minimum Gasteiger partial charge on any atom is -0.375 e. The van der Waals surface area contributed by atoms with E-state index < -0.39 is 0 Å². The first-order chi connectivity index (χ1) is 12.0. The van der Waals surface area contributed by atoms with Crippen LogP contribution in [-0.4, -0.2) is 23.6 Å². The summed E-state index contributed by atoms with van der Waals surface area (Å²) in [7, 11) is 0. The number of hydrogen-bond acceptors (Lipinski definition) is 4. The molecular weight excluding hydrogens is 355 g/mol. The van der Waals surface area contributed by atoms with Crippen LogP contribution < -0.4 is 10.7 Å². The van der Waals surface area contributed by atoms with Gasteiger partial charge in [0.25, 0.3) is 0 Å². The largest absolute Gasteiger partial charge is 0.375 e. The second-order valence-corrected chi connectivity index (χ2v) is 7.15. The summed E-state index contributed by atoms with van der Waals surface area (Å²) in [5.41, 5.74) is 5.12. The highest BCUT2D eigenvalue weighted by Gasteiger charge is 2.40. The van der Waals surface area contributed by atoms with Gasteiger partial charge >= 0.3 is 0 Å². The maximum atomic E-state index is 6.41. The first-order valence-corrected chi connectivity index (χ1v) is 9.09. The van der Waals surface area contributed by atoms with Crippen molar-refractivity contribution in [1.29, 1.82) is 0 Å². The molecule has 0 fully saturated rings. The van der Waals surface area contributed by atoms with Gasteiger partial charge in [0.15, 0.2) is 0 Å². The third-order valence-corrected chi connectivity index (χ3v) is 5.33. The molecule has 0 aromatic heterocycles. The molecule has 3 rings (SSSR count). The monoisotopic (exact) mass is 376 g/mol. The lowest BCUT2D eigenvalue weighted by Gasteiger charge is -2.44. The average molecular weight is 377 g/mol. The van der Waals surface area contributed by atoms with E-state index in [1.807, 2.05) is 24.5 Å². The van der Waals surface area contributed by atoms with Gasteiger partial charge in [0.05, 0.1) is 22.3 Å². The standard InChI is InChI=1S/C19H22Cl2N4/c1-3-19(2,25-13-22-12-23-25)18(14-7-5-4-6-8-14)24-17-10-9-15(20)11-16(17)21/h4-11,13,18,23-24H,3,12H2,1-2H3. The summed E-state index contributed by atoms with van der Waals surface area (Å²) < 4.78 is 0. The van der Waals surface area contributed by atoms with Crippen LogP contribution in [0.2, 0.25) is 10.0 Å². The Morgan fingerprint density at radius 1 is 1.24 bits per heavy atom. The van der Waals surface area contributed by atoms with Gasteiger partial charge < -0.3 is 5.32 Å². The second kappa shape index (κ2) is 7.65. The van der Waals surface area contributed by atoms with Gasteiger partial charge in [0.2, 0.25) is 0 Å². The SMILES string of the molecule is CCC(C)(C(Nc1ccc(Cl)cc1Cl)c1ccccc1)N1C=NCN1. The van der Waals surface area contributed by atoms with E-state index in [4.69, 9.17) is 23.2 Å². The second-order valence-electron chi connectivity index (χ2n) is 6.31. The third-order valence-electron chi connectivity index (χ3n) is 4.78. The molecule has 2 aromatic rings. The lowest BCUT2D eigenvalue weighted by molar-refractivity contribution is 0.124. The summed E-state index contributed by atoms with van der Waals surface area (Å²) in [5.74, 6) is 0. The lowest BCUT2D eigenvalue weighted by atomic mass is 9.83. The number of hydrazine groups is 1. The van der Waals surface area contributed by atoms with E-state index in [0.29, 0.717) is 16.7 Å². The van der Waals surface area contributed by atoms with E-state index in [1.165, 1.54) is 5.56 Å². The molecule has 1 aliphatic heterocycles. The molecule has 0 spiro atoms. The van der Waals surface area contributed by atoms with Gasteiger partial charge in [-0.25, -0.2) is 5.43 Å². The van der Waals surface area contributed by atoms with Gasteiger partial charge in [-0.3, -0.25) is 10.0 Å². The minimum absolute atomic E-state index is 0.00516. The van der Waals surface area contributed by atoms with E-state index in [-0.39, 0.29) is 11.6 Å². The fourth-order valence-electron chi connectivity index (χ4n) is 3.11. The van der Waals surface area contributed by atoms with E-state index in [1.54, 1.807) is 6.07 Å². The number of halogens is 2. The van der Waals surface area contributed by atoms with Crippen molar-refractivity contribution < 1.29 is 0 Å². The predicted octanol–water partition coefficient (Wildman–Crippen LogP) is 5.12. The Labute approximate surface area is 158 Å². The first-order valence-electron chi connectivity index (χ1n) is 8.34. The van der Waals surface area contributed by atoms with Gasteiger partial charge in [-0.1, -0.05) is 60.5 Å². The number of nitrogens with one attached hydrogen (secondary N) is 2. The molecular formula is C19H22Cl2N4. The molecule has 2 atom stereocenters. The highest BCUT2D eigenvalue weighted by molar-refractivity contribution is 6.36. The van der Waals surface area contributed by atoms with Crippen molar-refractivity contribution in [3.8, 4) is 0 Å². The number of benzene rings is 2. The number of nitrogens with zero attached hydrogens (tertiary/aromatic N) is 2. The molecule has 0 amide bonds. The van der Waals surface area contributed by atoms with Crippen LogP contribution in [0.5, 0.6) is 0 Å². The van der Waals surface area contributed by atoms with Gasteiger partial charge in [-0.05, 0) is 37.1 Å². The molecule has 6 heteroatoms. The fourth-order valence-corrected chi connectivity index (χ4v) is 3.57. The fraction of sp³-hybridized carbons (Fsp3) is 0.316. The van der Waals surface area contributed by atoms with Crippen LogP contribution in [0, 0.1) is 0 Å². The Morgan fingerprint density at radius 2 is 2.00 bits per heavy atom. The van der Waals surface area contributed by atoms with Gasteiger partial charge in [0, 0.05) is 5.02 Å². The summed E-state index contributed by atoms with van der Waals surface area (Å²) in [6.45, 7) is 4.99. The normalized spacial score (nSPS) is 17.4. The van der Waals surface area contributed by atoms with Gasteiger partial charge in [-0.15, -0.1) is 0 Å². The molecule has 132 valence electrons. The molecule has 1 aliphatic rings. The highest BCUT2D eigenvalue weighted by Crippen LogP contribution is 2.38. The summed E-state index contributed by atoms with van der Waals surface area (Å²) >= 11 is 12.5. The van der Waals surface area contributed by atoms with Crippen molar-refractivity contribution in [3.05, 3.63) is 64.1 Å². The summed E-state index contributed by atoms with van der Waals surface area (Å²) in [6, 6.07) is 15.9. The van der Waals surface area contributed by atoms with E-state index >= 15 is 0 Å². The Morgan fingerprint density at radius 3 is 2.60 bits per heavy atom. The lowest BCUT2D eigenvalue weighted by Crippen LogP contribution is -2.55. The van der Waals surface area contributed by atoms with Crippen molar-refractivity contribution in [2.75, 3.05) is 12.0 Å². The molecule has 0 aliphatic carbocycles. The Kier molecular flexibility index (Phi) is 5.52. The van der Waals surface area contributed by atoms with Crippen molar-refractivity contribution >= 4 is 35.2 Å². The van der Waals surface area contributed by atoms with Crippen LogP contribution in [-0.2, 0) is 0 Å². The van der Waals surface area contributed by atoms with Crippen LogP contribution >= 0.6 is 23.2 Å². The molecule has 2 unspecified atom stereocenters. The van der Waals surface area contributed by atoms with Crippen LogP contribution in [0.1, 0.15) is 31.9 Å². The molecule has 1 heterocycles. The van der Waals surface area contributed by atoms with Crippen LogP contribution in [0.4, 0.5) is 5.69 Å². The molecule has 25 heavy (non-hydrogen) atoms. The first kappa shape index (κ1) is 18.1. The van der Waals surface area contributed by atoms with Crippen molar-refractivity contribution in [2.24, 2.45) is 4.99 Å². The number of aliphatic imine (C=N–C) groups is 1. The predicted molar refractivity (Wildman–Crippen MR) is 106 cm³/mol. The topological polar surface area (TPSA) is 39.7 Å². The maximum Gasteiger partial charge on any atom is 0.107 e. The zero-order valence-electron chi connectivity index (χ0n) is 14.3. The quantitative estimate of drug-likeness (QED) is 0.734. The molecule has 4 nitrogen and oxygen atoms in total. The molecule has 2 aromatic carbocycles. The minimum atomic E-state index is -0.246. The zero-order valence-corrected chi connectivity index (χ0v) is 15.8. The van der Waals surface area contributed by atoms with E-state index in [0.717, 1.165) is 12.1 Å². The Bertz CT molecular complexity index is 750. The van der Waals surface area contributed by atoms with Crippen molar-refractivity contribution in [2.45, 2.75) is 31.8 Å². The van der Waals surface area contributed by atoms with Crippen LogP contribution in [0.3, 0.4) is 0 Å². The molecule has 0 saturated carbocycles. The summed E-state index contributed by atoms with van der Waals surface area (Å²) in [5, 5.41) is 6.94.